The van der Waals surface area contributed by atoms with E-state index in [9.17, 15) is 5.11 Å². The van der Waals surface area contributed by atoms with Crippen LogP contribution in [0, 0.1) is 23.7 Å². The second-order valence-corrected chi connectivity index (χ2v) is 13.5. The van der Waals surface area contributed by atoms with E-state index in [0.29, 0.717) is 5.92 Å². The lowest BCUT2D eigenvalue weighted by atomic mass is 9.53. The summed E-state index contributed by atoms with van der Waals surface area (Å²) in [4.78, 5) is 14.6. The second kappa shape index (κ2) is 10.2. The van der Waals surface area contributed by atoms with Gasteiger partial charge in [-0.15, -0.1) is 0 Å². The fraction of sp³-hybridized carbons (Fsp3) is 0.793. The summed E-state index contributed by atoms with van der Waals surface area (Å²) in [5, 5.41) is 11.5. The molecule has 5 aliphatic carbocycles. The Balaban J connectivity index is 0.965. The number of hydrogen-bond donors (Lipinski definition) is 1. The molecule has 1 aromatic rings. The van der Waals surface area contributed by atoms with Gasteiger partial charge in [-0.3, -0.25) is 4.90 Å². The van der Waals surface area contributed by atoms with E-state index in [-0.39, 0.29) is 17.4 Å². The second-order valence-electron chi connectivity index (χ2n) is 12.3. The third-order valence-corrected chi connectivity index (χ3v) is 10.8. The quantitative estimate of drug-likeness (QED) is 0.283. The van der Waals surface area contributed by atoms with Gasteiger partial charge in [-0.25, -0.2) is 9.78 Å². The van der Waals surface area contributed by atoms with Crippen LogP contribution in [-0.2, 0) is 9.78 Å². The number of ether oxygens (including phenoxy) is 1. The van der Waals surface area contributed by atoms with Gasteiger partial charge in [-0.05, 0) is 100 Å². The van der Waals surface area contributed by atoms with E-state index in [2.05, 4.69) is 36.1 Å². The van der Waals surface area contributed by atoms with Gasteiger partial charge in [0.25, 0.3) is 0 Å². The van der Waals surface area contributed by atoms with E-state index in [1.807, 2.05) is 11.8 Å². The zero-order valence-corrected chi connectivity index (χ0v) is 22.1. The zero-order valence-electron chi connectivity index (χ0n) is 21.3. The molecule has 6 fully saturated rings. The minimum atomic E-state index is -1.06. The van der Waals surface area contributed by atoms with Gasteiger partial charge in [-0.2, -0.15) is 11.8 Å². The molecule has 1 saturated heterocycles. The predicted octanol–water partition coefficient (Wildman–Crippen LogP) is 5.62. The molecule has 0 aromatic heterocycles. The van der Waals surface area contributed by atoms with Crippen LogP contribution in [0.3, 0.4) is 0 Å². The number of hydrogen-bond acceptors (Lipinski definition) is 6. The molecule has 1 N–H and O–H groups in total. The minimum Gasteiger partial charge on any atom is -0.492 e. The molecule has 35 heavy (non-hydrogen) atoms. The van der Waals surface area contributed by atoms with E-state index in [0.717, 1.165) is 82.1 Å². The maximum atomic E-state index is 11.5. The smallest absolute Gasteiger partial charge is 0.204 e. The third kappa shape index (κ3) is 5.29. The largest absolute Gasteiger partial charge is 0.492 e. The molecule has 1 aromatic carbocycles. The molecule has 0 unspecified atom stereocenters. The standard InChI is InChI=1S/C29H43NO4S/c1-28(33-34-29(31)25-17-21-16-22(19-25)20-26(29)18-21)8-6-24(7-9-28)23-2-4-27(5-3-23)32-13-10-30-11-14-35-15-12-30/h2-5,21-22,24-26,31H,6-20H2,1H3. The van der Waals surface area contributed by atoms with Crippen LogP contribution in [0.4, 0.5) is 0 Å². The molecule has 0 radical (unpaired) electrons. The van der Waals surface area contributed by atoms with Crippen LogP contribution >= 0.6 is 11.8 Å². The third-order valence-electron chi connectivity index (χ3n) is 9.86. The molecular formula is C29H43NO4S. The van der Waals surface area contributed by atoms with Gasteiger partial charge in [0.1, 0.15) is 18.0 Å². The number of rotatable bonds is 8. The molecule has 5 saturated carbocycles. The van der Waals surface area contributed by atoms with Crippen LogP contribution in [0.15, 0.2) is 24.3 Å². The molecule has 4 bridgehead atoms. The summed E-state index contributed by atoms with van der Waals surface area (Å²) in [6.45, 7) is 6.32. The summed E-state index contributed by atoms with van der Waals surface area (Å²) in [6, 6.07) is 8.76. The molecule has 0 spiro atoms. The molecule has 6 aliphatic rings. The molecular weight excluding hydrogens is 458 g/mol. The Morgan fingerprint density at radius 3 is 2.17 bits per heavy atom. The van der Waals surface area contributed by atoms with Crippen molar-refractivity contribution in [3.8, 4) is 5.75 Å². The van der Waals surface area contributed by atoms with Crippen LogP contribution in [-0.4, -0.2) is 59.1 Å². The monoisotopic (exact) mass is 501 g/mol. The van der Waals surface area contributed by atoms with Crippen molar-refractivity contribution < 1.29 is 19.6 Å². The Morgan fingerprint density at radius 1 is 0.914 bits per heavy atom. The van der Waals surface area contributed by atoms with E-state index in [4.69, 9.17) is 14.5 Å². The van der Waals surface area contributed by atoms with Crippen LogP contribution in [0.25, 0.3) is 0 Å². The molecule has 0 amide bonds. The van der Waals surface area contributed by atoms with Gasteiger partial charge in [-0.1, -0.05) is 12.1 Å². The summed E-state index contributed by atoms with van der Waals surface area (Å²) < 4.78 is 6.02. The van der Waals surface area contributed by atoms with Gasteiger partial charge in [0.15, 0.2) is 0 Å². The zero-order chi connectivity index (χ0) is 23.9. The first-order valence-corrected chi connectivity index (χ1v) is 15.3. The SMILES string of the molecule is CC1(OOC2(O)C3CC4CC(C3)CC2C4)CCC(c2ccc(OCCN3CCSCC3)cc2)CC1. The van der Waals surface area contributed by atoms with Crippen LogP contribution in [0.5, 0.6) is 5.75 Å². The van der Waals surface area contributed by atoms with Crippen molar-refractivity contribution in [2.45, 2.75) is 82.0 Å². The highest BCUT2D eigenvalue weighted by Gasteiger charge is 2.59. The van der Waals surface area contributed by atoms with Crippen molar-refractivity contribution in [1.29, 1.82) is 0 Å². The lowest BCUT2D eigenvalue weighted by Crippen LogP contribution is -2.59. The van der Waals surface area contributed by atoms with E-state index in [1.165, 1.54) is 36.6 Å². The van der Waals surface area contributed by atoms with Crippen LogP contribution in [0.2, 0.25) is 0 Å². The summed E-state index contributed by atoms with van der Waals surface area (Å²) in [5.41, 5.74) is 1.09. The molecule has 1 aliphatic heterocycles. The predicted molar refractivity (Wildman–Crippen MR) is 139 cm³/mol. The van der Waals surface area contributed by atoms with Crippen molar-refractivity contribution in [1.82, 2.24) is 4.90 Å². The normalized spacial score (nSPS) is 41.3. The van der Waals surface area contributed by atoms with Crippen LogP contribution in [0.1, 0.15) is 76.2 Å². The highest BCUT2D eigenvalue weighted by Crippen LogP contribution is 2.59. The van der Waals surface area contributed by atoms with Gasteiger partial charge < -0.3 is 9.84 Å². The van der Waals surface area contributed by atoms with Crippen LogP contribution < -0.4 is 4.74 Å². The number of benzene rings is 1. The van der Waals surface area contributed by atoms with E-state index >= 15 is 0 Å². The topological polar surface area (TPSA) is 51.2 Å². The first-order valence-electron chi connectivity index (χ1n) is 14.1. The van der Waals surface area contributed by atoms with E-state index < -0.39 is 5.79 Å². The lowest BCUT2D eigenvalue weighted by Gasteiger charge is -2.57. The van der Waals surface area contributed by atoms with Gasteiger partial charge in [0.05, 0.1) is 0 Å². The van der Waals surface area contributed by atoms with Crippen molar-refractivity contribution in [2.24, 2.45) is 23.7 Å². The Morgan fingerprint density at radius 2 is 1.54 bits per heavy atom. The minimum absolute atomic E-state index is 0.262. The summed E-state index contributed by atoms with van der Waals surface area (Å²) in [7, 11) is 0. The van der Waals surface area contributed by atoms with Gasteiger partial charge in [0, 0.05) is 43.0 Å². The Hall–Kier alpha value is -0.790. The average molecular weight is 502 g/mol. The van der Waals surface area contributed by atoms with Crippen molar-refractivity contribution in [2.75, 3.05) is 37.7 Å². The molecule has 7 rings (SSSR count). The maximum Gasteiger partial charge on any atom is 0.204 e. The van der Waals surface area contributed by atoms with Crippen molar-refractivity contribution >= 4 is 11.8 Å². The highest BCUT2D eigenvalue weighted by atomic mass is 32.2. The molecule has 1 heterocycles. The Labute approximate surface area is 215 Å². The van der Waals surface area contributed by atoms with Crippen molar-refractivity contribution in [3.05, 3.63) is 29.8 Å². The molecule has 0 atom stereocenters. The molecule has 194 valence electrons. The maximum absolute atomic E-state index is 11.5. The Kier molecular flexibility index (Phi) is 7.13. The number of nitrogens with zero attached hydrogens (tertiary/aromatic N) is 1. The average Bonchev–Trinajstić information content (AvgIpc) is 2.88. The molecule has 6 heteroatoms. The first kappa shape index (κ1) is 24.5. The summed E-state index contributed by atoms with van der Waals surface area (Å²) >= 11 is 2.05. The first-order chi connectivity index (χ1) is 17.0. The fourth-order valence-electron chi connectivity index (χ4n) is 7.76. The van der Waals surface area contributed by atoms with Gasteiger partial charge in [0.2, 0.25) is 5.79 Å². The highest BCUT2D eigenvalue weighted by molar-refractivity contribution is 7.99. The molecule has 5 nitrogen and oxygen atoms in total. The van der Waals surface area contributed by atoms with Gasteiger partial charge >= 0.3 is 0 Å². The number of aliphatic hydroxyl groups is 1. The summed E-state index contributed by atoms with van der Waals surface area (Å²) in [6.07, 6.45) is 9.91. The summed E-state index contributed by atoms with van der Waals surface area (Å²) in [5.74, 6) is 5.09. The fourth-order valence-corrected chi connectivity index (χ4v) is 8.74. The van der Waals surface area contributed by atoms with E-state index in [1.54, 1.807) is 0 Å². The number of thioether (sulfide) groups is 1. The Bertz CT molecular complexity index is 819. The lowest BCUT2D eigenvalue weighted by molar-refractivity contribution is -0.497. The van der Waals surface area contributed by atoms with Crippen molar-refractivity contribution in [3.63, 3.8) is 0 Å².